The molecular formula is C15H30N2O4. The quantitative estimate of drug-likeness (QED) is 0.317. The first-order valence-corrected chi connectivity index (χ1v) is 7.47. The van der Waals surface area contributed by atoms with E-state index in [1.807, 2.05) is 7.05 Å². The van der Waals surface area contributed by atoms with Crippen LogP contribution in [0.5, 0.6) is 0 Å². The van der Waals surface area contributed by atoms with Crippen molar-refractivity contribution in [3.8, 4) is 0 Å². The maximum atomic E-state index is 11.4. The third-order valence-electron chi connectivity index (χ3n) is 2.90. The Bertz CT molecular complexity index is 262. The lowest BCUT2D eigenvalue weighted by Gasteiger charge is -2.12. The van der Waals surface area contributed by atoms with E-state index >= 15 is 0 Å². The number of likely N-dealkylation sites (N-methyl/N-ethyl adjacent to an activating group) is 1. The van der Waals surface area contributed by atoms with Crippen molar-refractivity contribution in [2.75, 3.05) is 60.3 Å². The van der Waals surface area contributed by atoms with Gasteiger partial charge in [-0.1, -0.05) is 6.58 Å². The molecule has 0 heterocycles. The molecule has 0 radical (unpaired) electrons. The van der Waals surface area contributed by atoms with E-state index in [2.05, 4.69) is 17.2 Å². The molecule has 0 amide bonds. The number of hydrogen-bond acceptors (Lipinski definition) is 6. The van der Waals surface area contributed by atoms with Crippen LogP contribution in [0, 0.1) is 0 Å². The van der Waals surface area contributed by atoms with E-state index in [9.17, 15) is 4.79 Å². The van der Waals surface area contributed by atoms with Gasteiger partial charge in [0.1, 0.15) is 0 Å². The summed E-state index contributed by atoms with van der Waals surface area (Å²) in [6, 6.07) is -0.213. The van der Waals surface area contributed by atoms with Gasteiger partial charge < -0.3 is 24.8 Å². The Morgan fingerprint density at radius 1 is 1.05 bits per heavy atom. The molecule has 6 nitrogen and oxygen atoms in total. The van der Waals surface area contributed by atoms with Crippen molar-refractivity contribution >= 4 is 5.78 Å². The number of rotatable bonds is 16. The van der Waals surface area contributed by atoms with Crippen LogP contribution in [0.2, 0.25) is 0 Å². The minimum absolute atomic E-state index is 0.00669. The molecule has 0 saturated carbocycles. The van der Waals surface area contributed by atoms with Crippen LogP contribution in [0.25, 0.3) is 0 Å². The van der Waals surface area contributed by atoms with Crippen LogP contribution >= 0.6 is 0 Å². The van der Waals surface area contributed by atoms with Crippen LogP contribution in [0.3, 0.4) is 0 Å². The Morgan fingerprint density at radius 3 is 2.14 bits per heavy atom. The second-order valence-electron chi connectivity index (χ2n) is 4.53. The lowest BCUT2D eigenvalue weighted by atomic mass is 10.1. The molecule has 1 unspecified atom stereocenters. The van der Waals surface area contributed by atoms with E-state index in [0.29, 0.717) is 39.5 Å². The first-order chi connectivity index (χ1) is 10.3. The van der Waals surface area contributed by atoms with E-state index in [1.165, 1.54) is 6.08 Å². The molecule has 0 aromatic rings. The van der Waals surface area contributed by atoms with Crippen molar-refractivity contribution in [3.05, 3.63) is 12.7 Å². The fraction of sp³-hybridized carbons (Fsp3) is 0.800. The summed E-state index contributed by atoms with van der Waals surface area (Å²) in [5.41, 5.74) is 0. The number of carbonyl (C=O) groups excluding carboxylic acids is 1. The number of ether oxygens (including phenoxy) is 3. The molecule has 124 valence electrons. The van der Waals surface area contributed by atoms with Gasteiger partial charge in [-0.25, -0.2) is 0 Å². The molecule has 0 aromatic heterocycles. The molecular weight excluding hydrogens is 272 g/mol. The van der Waals surface area contributed by atoms with Gasteiger partial charge in [-0.3, -0.25) is 4.79 Å². The first-order valence-electron chi connectivity index (χ1n) is 7.47. The minimum Gasteiger partial charge on any atom is -0.379 e. The minimum atomic E-state index is -0.213. The smallest absolute Gasteiger partial charge is 0.172 e. The van der Waals surface area contributed by atoms with Gasteiger partial charge in [0.25, 0.3) is 0 Å². The van der Waals surface area contributed by atoms with Crippen molar-refractivity contribution in [3.63, 3.8) is 0 Å². The fourth-order valence-corrected chi connectivity index (χ4v) is 1.67. The third-order valence-corrected chi connectivity index (χ3v) is 2.90. The molecule has 0 bridgehead atoms. The molecule has 0 aliphatic heterocycles. The topological polar surface area (TPSA) is 68.8 Å². The highest BCUT2D eigenvalue weighted by molar-refractivity contribution is 5.93. The van der Waals surface area contributed by atoms with Crippen LogP contribution in [0.15, 0.2) is 12.7 Å². The monoisotopic (exact) mass is 302 g/mol. The van der Waals surface area contributed by atoms with E-state index in [0.717, 1.165) is 19.6 Å². The van der Waals surface area contributed by atoms with Crippen molar-refractivity contribution in [1.29, 1.82) is 0 Å². The number of hydrogen-bond donors (Lipinski definition) is 2. The normalized spacial score (nSPS) is 12.3. The average molecular weight is 302 g/mol. The maximum absolute atomic E-state index is 11.4. The van der Waals surface area contributed by atoms with E-state index in [1.54, 1.807) is 7.05 Å². The molecule has 0 spiro atoms. The summed E-state index contributed by atoms with van der Waals surface area (Å²) in [4.78, 5) is 11.4. The van der Waals surface area contributed by atoms with Crippen LogP contribution < -0.4 is 10.6 Å². The largest absolute Gasteiger partial charge is 0.379 e. The van der Waals surface area contributed by atoms with Crippen molar-refractivity contribution in [2.24, 2.45) is 0 Å². The Labute approximate surface area is 128 Å². The van der Waals surface area contributed by atoms with Gasteiger partial charge in [0.15, 0.2) is 5.78 Å². The van der Waals surface area contributed by atoms with E-state index < -0.39 is 0 Å². The maximum Gasteiger partial charge on any atom is 0.172 e. The lowest BCUT2D eigenvalue weighted by molar-refractivity contribution is -0.116. The van der Waals surface area contributed by atoms with Gasteiger partial charge in [-0.2, -0.15) is 0 Å². The van der Waals surface area contributed by atoms with Gasteiger partial charge >= 0.3 is 0 Å². The van der Waals surface area contributed by atoms with Gasteiger partial charge in [-0.15, -0.1) is 0 Å². The summed E-state index contributed by atoms with van der Waals surface area (Å²) in [6.45, 7) is 7.98. The predicted molar refractivity (Wildman–Crippen MR) is 83.7 cm³/mol. The van der Waals surface area contributed by atoms with Crippen LogP contribution in [-0.2, 0) is 19.0 Å². The molecule has 6 heteroatoms. The van der Waals surface area contributed by atoms with Crippen molar-refractivity contribution < 1.29 is 19.0 Å². The standard InChI is InChI=1S/C15H30N2O4/c1-4-15(18)14(17-3)6-9-20-11-13-21-12-10-19-8-5-7-16-2/h4,14,16-17H,1,5-13H2,2-3H3. The second kappa shape index (κ2) is 15.6. The summed E-state index contributed by atoms with van der Waals surface area (Å²) >= 11 is 0. The predicted octanol–water partition coefficient (Wildman–Crippen LogP) is 0.379. The van der Waals surface area contributed by atoms with Crippen molar-refractivity contribution in [2.45, 2.75) is 18.9 Å². The highest BCUT2D eigenvalue weighted by Gasteiger charge is 2.12. The van der Waals surface area contributed by atoms with Crippen molar-refractivity contribution in [1.82, 2.24) is 10.6 Å². The zero-order valence-corrected chi connectivity index (χ0v) is 13.4. The molecule has 2 N–H and O–H groups in total. The molecule has 0 saturated heterocycles. The third kappa shape index (κ3) is 12.6. The first kappa shape index (κ1) is 20.2. The number of nitrogens with one attached hydrogen (secondary N) is 2. The average Bonchev–Trinajstić information content (AvgIpc) is 2.51. The number of carbonyl (C=O) groups is 1. The second-order valence-corrected chi connectivity index (χ2v) is 4.53. The molecule has 0 rings (SSSR count). The van der Waals surface area contributed by atoms with E-state index in [4.69, 9.17) is 14.2 Å². The Hall–Kier alpha value is -0.790. The lowest BCUT2D eigenvalue weighted by Crippen LogP contribution is -2.34. The molecule has 0 fully saturated rings. The molecule has 0 aliphatic carbocycles. The van der Waals surface area contributed by atoms with Crippen LogP contribution in [-0.4, -0.2) is 72.1 Å². The van der Waals surface area contributed by atoms with E-state index in [-0.39, 0.29) is 11.8 Å². The van der Waals surface area contributed by atoms with Gasteiger partial charge in [0, 0.05) is 13.2 Å². The SMILES string of the molecule is C=CC(=O)C(CCOCCOCCOCCCNC)NC. The van der Waals surface area contributed by atoms with Crippen LogP contribution in [0.1, 0.15) is 12.8 Å². The zero-order valence-electron chi connectivity index (χ0n) is 13.4. The Balaban J connectivity index is 3.25. The summed E-state index contributed by atoms with van der Waals surface area (Å²) in [5, 5.41) is 6.00. The summed E-state index contributed by atoms with van der Waals surface area (Å²) in [7, 11) is 3.68. The zero-order chi connectivity index (χ0) is 15.8. The van der Waals surface area contributed by atoms with Gasteiger partial charge in [0.2, 0.25) is 0 Å². The Morgan fingerprint density at radius 2 is 1.62 bits per heavy atom. The summed E-state index contributed by atoms with van der Waals surface area (Å²) < 4.78 is 16.2. The highest BCUT2D eigenvalue weighted by Crippen LogP contribution is 1.95. The van der Waals surface area contributed by atoms with Crippen LogP contribution in [0.4, 0.5) is 0 Å². The van der Waals surface area contributed by atoms with Gasteiger partial charge in [0.05, 0.1) is 32.5 Å². The van der Waals surface area contributed by atoms with Gasteiger partial charge in [-0.05, 0) is 39.6 Å². The fourth-order valence-electron chi connectivity index (χ4n) is 1.67. The summed E-state index contributed by atoms with van der Waals surface area (Å²) in [6.07, 6.45) is 2.98. The molecule has 0 aromatic carbocycles. The molecule has 21 heavy (non-hydrogen) atoms. The molecule has 1 atom stereocenters. The highest BCUT2D eigenvalue weighted by atomic mass is 16.5. The molecule has 0 aliphatic rings. The Kier molecular flexibility index (Phi) is 15.0. The summed E-state index contributed by atoms with van der Waals surface area (Å²) in [5.74, 6) is -0.00669. The number of ketones is 1.